The van der Waals surface area contributed by atoms with Crippen LogP contribution in [0.4, 0.5) is 0 Å². The monoisotopic (exact) mass is 201 g/mol. The van der Waals surface area contributed by atoms with Crippen LogP contribution in [0.5, 0.6) is 0 Å². The number of hydrogen-bond acceptors (Lipinski definition) is 0. The van der Waals surface area contributed by atoms with Gasteiger partial charge in [-0.3, -0.25) is 0 Å². The maximum atomic E-state index is 0. The molecule has 0 aromatic rings. The van der Waals surface area contributed by atoms with Crippen molar-refractivity contribution in [3.63, 3.8) is 0 Å². The molecule has 0 heterocycles. The van der Waals surface area contributed by atoms with Crippen molar-refractivity contribution in [3.8, 4) is 0 Å². The van der Waals surface area contributed by atoms with Crippen LogP contribution in [0.15, 0.2) is 0 Å². The summed E-state index contributed by atoms with van der Waals surface area (Å²) in [5, 5.41) is 0. The van der Waals surface area contributed by atoms with Crippen molar-refractivity contribution >= 4 is 0 Å². The fourth-order valence-electron chi connectivity index (χ4n) is 0. The molecule has 0 fully saturated rings. The normalized spacial score (nSPS) is 0. The maximum Gasteiger partial charge on any atom is 0 e. The van der Waals surface area contributed by atoms with Crippen molar-refractivity contribution < 1.29 is 53.0 Å². The van der Waals surface area contributed by atoms with Crippen LogP contribution in [-0.4, -0.2) is 0 Å². The van der Waals surface area contributed by atoms with Gasteiger partial charge in [0.05, 0.1) is 0 Å². The largest absolute Gasteiger partial charge is 0.0776 e. The summed E-state index contributed by atoms with van der Waals surface area (Å²) in [6, 6.07) is 0. The fourth-order valence-corrected chi connectivity index (χ4v) is 0. The van der Waals surface area contributed by atoms with E-state index in [0.29, 0.717) is 0 Å². The van der Waals surface area contributed by atoms with E-state index in [0.717, 1.165) is 0 Å². The molecule has 0 unspecified atom stereocenters. The molecule has 0 saturated carbocycles. The first kappa shape index (κ1) is 45.2. The Morgan fingerprint density at radius 2 is 1.00 bits per heavy atom. The van der Waals surface area contributed by atoms with Gasteiger partial charge in [-0.15, -0.1) is 0 Å². The Morgan fingerprint density at radius 1 is 1.00 bits per heavy atom. The minimum Gasteiger partial charge on any atom is -0.0776 e. The van der Waals surface area contributed by atoms with Crippen molar-refractivity contribution in [3.05, 3.63) is 0 Å². The van der Waals surface area contributed by atoms with Crippen molar-refractivity contribution in [1.82, 2.24) is 0 Å². The average Bonchev–Trinajstić information content (AvgIpc) is 0. The molecular weight excluding hydrogens is 200 g/mol. The third-order valence-corrected chi connectivity index (χ3v) is 0. The van der Waals surface area contributed by atoms with Gasteiger partial charge in [0.2, 0.25) is 0 Å². The average molecular weight is 204 g/mol. The molecule has 0 nitrogen and oxygen atoms in total. The Balaban J connectivity index is 0. The van der Waals surface area contributed by atoms with Gasteiger partial charge in [-0.2, -0.15) is 0 Å². The summed E-state index contributed by atoms with van der Waals surface area (Å²) >= 11 is 0. The molecule has 31 valence electrons. The van der Waals surface area contributed by atoms with Crippen molar-refractivity contribution in [2.24, 2.45) is 0 Å². The van der Waals surface area contributed by atoms with Crippen molar-refractivity contribution in [1.29, 1.82) is 0 Å². The SMILES string of the molecule is C.[Cu].[Ni].[Zn]. The molecule has 0 aliphatic rings. The summed E-state index contributed by atoms with van der Waals surface area (Å²) in [5.74, 6) is 0. The first-order valence-electron chi connectivity index (χ1n) is 0. The Bertz CT molecular complexity index is 8.00. The van der Waals surface area contributed by atoms with Crippen molar-refractivity contribution in [2.75, 3.05) is 0 Å². The molecule has 3 heteroatoms. The molecule has 0 aromatic heterocycles. The summed E-state index contributed by atoms with van der Waals surface area (Å²) in [6.45, 7) is 0. The van der Waals surface area contributed by atoms with Crippen LogP contribution in [-0.2, 0) is 53.0 Å². The van der Waals surface area contributed by atoms with Crippen LogP contribution in [0.25, 0.3) is 0 Å². The fraction of sp³-hybridized carbons (Fsp3) is 1.00. The van der Waals surface area contributed by atoms with Gasteiger partial charge in [0, 0.05) is 53.0 Å². The van der Waals surface area contributed by atoms with E-state index in [-0.39, 0.29) is 60.5 Å². The van der Waals surface area contributed by atoms with Crippen LogP contribution in [0.3, 0.4) is 0 Å². The van der Waals surface area contributed by atoms with Crippen LogP contribution >= 0.6 is 0 Å². The first-order chi connectivity index (χ1) is 0. The predicted octanol–water partition coefficient (Wildman–Crippen LogP) is 0.629. The molecule has 0 aliphatic heterocycles. The number of hydrogen-bond donors (Lipinski definition) is 0. The molecule has 0 spiro atoms. The van der Waals surface area contributed by atoms with Crippen LogP contribution in [0, 0.1) is 0 Å². The molecule has 0 atom stereocenters. The number of rotatable bonds is 0. The zero-order valence-corrected chi connectivity index (χ0v) is 6.22. The van der Waals surface area contributed by atoms with E-state index in [2.05, 4.69) is 0 Å². The van der Waals surface area contributed by atoms with Crippen molar-refractivity contribution in [2.45, 2.75) is 7.43 Å². The summed E-state index contributed by atoms with van der Waals surface area (Å²) in [6.07, 6.45) is 0. The summed E-state index contributed by atoms with van der Waals surface area (Å²) in [7, 11) is 0. The molecule has 0 rings (SSSR count). The smallest absolute Gasteiger partial charge is 0 e. The van der Waals surface area contributed by atoms with Gasteiger partial charge in [0.1, 0.15) is 0 Å². The molecule has 0 aliphatic carbocycles. The Labute approximate surface area is 60.3 Å². The van der Waals surface area contributed by atoms with Crippen LogP contribution < -0.4 is 0 Å². The molecule has 0 N–H and O–H groups in total. The van der Waals surface area contributed by atoms with E-state index in [1.54, 1.807) is 0 Å². The molecule has 1 radical (unpaired) electrons. The van der Waals surface area contributed by atoms with E-state index < -0.39 is 0 Å². The Kier molecular flexibility index (Phi) is 259. The third kappa shape index (κ3) is 9.44. The van der Waals surface area contributed by atoms with Gasteiger partial charge in [0.25, 0.3) is 0 Å². The predicted molar refractivity (Wildman–Crippen MR) is 6.73 cm³/mol. The summed E-state index contributed by atoms with van der Waals surface area (Å²) in [4.78, 5) is 0. The third-order valence-electron chi connectivity index (χ3n) is 0. The van der Waals surface area contributed by atoms with E-state index in [1.165, 1.54) is 0 Å². The molecule has 0 bridgehead atoms. The second-order valence-corrected chi connectivity index (χ2v) is 0. The molecule has 0 saturated heterocycles. The van der Waals surface area contributed by atoms with Gasteiger partial charge >= 0.3 is 0 Å². The second kappa shape index (κ2) is 22.9. The maximum absolute atomic E-state index is 0. The second-order valence-electron chi connectivity index (χ2n) is 0. The first-order valence-corrected chi connectivity index (χ1v) is 0. The van der Waals surface area contributed by atoms with Crippen LogP contribution in [0.2, 0.25) is 0 Å². The topological polar surface area (TPSA) is 0 Å². The van der Waals surface area contributed by atoms with E-state index in [9.17, 15) is 0 Å². The summed E-state index contributed by atoms with van der Waals surface area (Å²) < 4.78 is 0. The van der Waals surface area contributed by atoms with Gasteiger partial charge < -0.3 is 0 Å². The van der Waals surface area contributed by atoms with Gasteiger partial charge in [-0.05, 0) is 0 Å². The Hall–Kier alpha value is 1.64. The van der Waals surface area contributed by atoms with Gasteiger partial charge in [0.15, 0.2) is 0 Å². The van der Waals surface area contributed by atoms with Gasteiger partial charge in [-0.1, -0.05) is 7.43 Å². The van der Waals surface area contributed by atoms with E-state index in [4.69, 9.17) is 0 Å². The van der Waals surface area contributed by atoms with Crippen LogP contribution in [0.1, 0.15) is 7.43 Å². The van der Waals surface area contributed by atoms with Gasteiger partial charge in [-0.25, -0.2) is 0 Å². The van der Waals surface area contributed by atoms with E-state index in [1.807, 2.05) is 0 Å². The molecular formula is CH4CuNiZn. The minimum atomic E-state index is 0. The molecule has 0 aromatic carbocycles. The molecule has 0 amide bonds. The quantitative estimate of drug-likeness (QED) is 0.507. The minimum absolute atomic E-state index is 0. The Morgan fingerprint density at radius 3 is 1.00 bits per heavy atom. The summed E-state index contributed by atoms with van der Waals surface area (Å²) in [5.41, 5.74) is 0. The zero-order valence-electron chi connectivity index (χ0n) is 1.32. The zero-order chi connectivity index (χ0) is 0. The molecule has 4 heavy (non-hydrogen) atoms. The van der Waals surface area contributed by atoms with E-state index >= 15 is 0 Å². The standard InChI is InChI=1S/CH4.Cu.Ni.Zn/h1H4;;;.